The summed E-state index contributed by atoms with van der Waals surface area (Å²) in [4.78, 5) is 0. The maximum atomic E-state index is 5.30. The van der Waals surface area contributed by atoms with Gasteiger partial charge in [0, 0.05) is 18.0 Å². The van der Waals surface area contributed by atoms with E-state index in [4.69, 9.17) is 12.5 Å². The van der Waals surface area contributed by atoms with Gasteiger partial charge in [0.1, 0.15) is 0 Å². The van der Waals surface area contributed by atoms with Crippen molar-refractivity contribution in [1.29, 1.82) is 0 Å². The monoisotopic (exact) mass is 259 g/mol. The topological polar surface area (TPSA) is 39.7 Å². The molecule has 0 spiro atoms. The second-order valence-corrected chi connectivity index (χ2v) is 5.93. The van der Waals surface area contributed by atoms with Gasteiger partial charge in [-0.2, -0.15) is 0 Å². The molecule has 0 unspecified atom stereocenters. The molecule has 0 aliphatic rings. The first-order chi connectivity index (χ1) is 8.26. The van der Waals surface area contributed by atoms with E-state index < -0.39 is 10.9 Å². The summed E-state index contributed by atoms with van der Waals surface area (Å²) in [5.74, 6) is 0.760. The molecule has 5 heteroatoms. The first kappa shape index (κ1) is 14.3. The summed E-state index contributed by atoms with van der Waals surface area (Å²) in [7, 11) is 3.05. The summed E-state index contributed by atoms with van der Waals surface area (Å²) in [6, 6.07) is 10.1. The highest BCUT2D eigenvalue weighted by Gasteiger charge is 2.21. The van der Waals surface area contributed by atoms with Crippen LogP contribution in [0.15, 0.2) is 30.3 Å². The first-order valence-electron chi connectivity index (χ1n) is 5.53. The fraction of sp³-hybridized carbons (Fsp3) is 0.500. The van der Waals surface area contributed by atoms with Gasteiger partial charge in [-0.1, -0.05) is 18.2 Å². The molecule has 1 aromatic carbocycles. The minimum atomic E-state index is -1.80. The second-order valence-electron chi connectivity index (χ2n) is 3.41. The quantitative estimate of drug-likeness (QED) is 0.729. The second kappa shape index (κ2) is 7.55. The fourth-order valence-electron chi connectivity index (χ4n) is 1.49. The first-order valence-corrected chi connectivity index (χ1v) is 7.11. The Kier molecular flexibility index (Phi) is 6.36. The fourth-order valence-corrected chi connectivity index (χ4v) is 2.90. The van der Waals surface area contributed by atoms with Gasteiger partial charge in [0.2, 0.25) is 0 Å². The van der Waals surface area contributed by atoms with Gasteiger partial charge in [-0.05, 0) is 18.6 Å². The Labute approximate surface area is 105 Å². The molecule has 1 aromatic rings. The molecule has 0 fully saturated rings. The van der Waals surface area contributed by atoms with Crippen molar-refractivity contribution in [3.63, 3.8) is 0 Å². The van der Waals surface area contributed by atoms with E-state index in [9.17, 15) is 0 Å². The lowest BCUT2D eigenvalue weighted by Crippen LogP contribution is -2.14. The largest absolute Gasteiger partial charge is 0.385 e. The number of nitrogens with one attached hydrogen (secondary N) is 1. The number of benzene rings is 1. The molecule has 4 nitrogen and oxygen atoms in total. The summed E-state index contributed by atoms with van der Waals surface area (Å²) in [5.41, 5.74) is 1.13. The van der Waals surface area contributed by atoms with E-state index in [1.165, 1.54) is 0 Å². The van der Waals surface area contributed by atoms with Crippen LogP contribution in [-0.4, -0.2) is 33.6 Å². The number of para-hydroxylation sites is 1. The van der Waals surface area contributed by atoms with Crippen molar-refractivity contribution in [3.05, 3.63) is 30.3 Å². The van der Waals surface area contributed by atoms with Crippen molar-refractivity contribution < 1.29 is 12.5 Å². The molecule has 0 atom stereocenters. The molecule has 0 bridgehead atoms. The maximum Gasteiger partial charge on any atom is 0.0880 e. The Morgan fingerprint density at radius 1 is 1.00 bits per heavy atom. The zero-order valence-electron chi connectivity index (χ0n) is 10.6. The number of hydrogen-bond acceptors (Lipinski definition) is 4. The van der Waals surface area contributed by atoms with Gasteiger partial charge in [-0.25, -0.2) is 0 Å². The average molecular weight is 259 g/mol. The van der Waals surface area contributed by atoms with Crippen molar-refractivity contribution in [2.75, 3.05) is 38.9 Å². The van der Waals surface area contributed by atoms with E-state index in [0.717, 1.165) is 24.4 Å². The Balaban J connectivity index is 2.28. The lowest BCUT2D eigenvalue weighted by atomic mass is 10.3. The highest BCUT2D eigenvalue weighted by molar-refractivity contribution is 8.21. The lowest BCUT2D eigenvalue weighted by Gasteiger charge is -2.33. The SMILES string of the molecule is COS(CCCNc1ccccc1)(OC)OC. The number of hydrogen-bond donors (Lipinski definition) is 1. The smallest absolute Gasteiger partial charge is 0.0880 e. The Morgan fingerprint density at radius 2 is 1.59 bits per heavy atom. The van der Waals surface area contributed by atoms with E-state index >= 15 is 0 Å². The van der Waals surface area contributed by atoms with Gasteiger partial charge in [-0.15, -0.1) is 0 Å². The Morgan fingerprint density at radius 3 is 2.12 bits per heavy atom. The van der Waals surface area contributed by atoms with Gasteiger partial charge in [0.15, 0.2) is 0 Å². The molecule has 0 radical (unpaired) electrons. The third kappa shape index (κ3) is 4.55. The van der Waals surface area contributed by atoms with Crippen molar-refractivity contribution in [2.45, 2.75) is 6.42 Å². The van der Waals surface area contributed by atoms with Crippen LogP contribution in [-0.2, 0) is 12.5 Å². The van der Waals surface area contributed by atoms with Gasteiger partial charge in [0.05, 0.1) is 32.2 Å². The van der Waals surface area contributed by atoms with Crippen LogP contribution < -0.4 is 5.32 Å². The standard InChI is InChI=1S/C12H21NO3S/c1-14-17(15-2,16-3)11-7-10-13-12-8-5-4-6-9-12/h4-6,8-9,13H,7,10-11H2,1-3H3. The van der Waals surface area contributed by atoms with Gasteiger partial charge in [-0.3, -0.25) is 12.5 Å². The van der Waals surface area contributed by atoms with Crippen molar-refractivity contribution in [3.8, 4) is 0 Å². The van der Waals surface area contributed by atoms with Crippen LogP contribution in [0.5, 0.6) is 0 Å². The minimum Gasteiger partial charge on any atom is -0.385 e. The minimum absolute atomic E-state index is 0.760. The van der Waals surface area contributed by atoms with Crippen molar-refractivity contribution in [2.24, 2.45) is 0 Å². The van der Waals surface area contributed by atoms with Crippen LogP contribution in [0.3, 0.4) is 0 Å². The van der Waals surface area contributed by atoms with E-state index in [2.05, 4.69) is 5.32 Å². The van der Waals surface area contributed by atoms with Crippen molar-refractivity contribution in [1.82, 2.24) is 0 Å². The number of anilines is 1. The van der Waals surface area contributed by atoms with E-state index in [-0.39, 0.29) is 0 Å². The molecule has 0 aliphatic heterocycles. The van der Waals surface area contributed by atoms with Crippen LogP contribution in [0, 0.1) is 0 Å². The Hall–Kier alpha value is -0.750. The predicted molar refractivity (Wildman–Crippen MR) is 73.0 cm³/mol. The molecule has 0 saturated heterocycles. The van der Waals surface area contributed by atoms with Crippen LogP contribution >= 0.6 is 10.9 Å². The molecule has 0 saturated carbocycles. The van der Waals surface area contributed by atoms with E-state index in [1.807, 2.05) is 30.3 Å². The molecular formula is C12H21NO3S. The molecule has 0 heterocycles. The molecule has 0 amide bonds. The Bertz CT molecular complexity index is 296. The predicted octanol–water partition coefficient (Wildman–Crippen LogP) is 2.98. The molecule has 1 N–H and O–H groups in total. The summed E-state index contributed by atoms with van der Waals surface area (Å²) < 4.78 is 15.9. The molecule has 98 valence electrons. The third-order valence-corrected chi connectivity index (χ3v) is 4.75. The van der Waals surface area contributed by atoms with Gasteiger partial charge in [0.25, 0.3) is 0 Å². The summed E-state index contributed by atoms with van der Waals surface area (Å²) >= 11 is 0. The van der Waals surface area contributed by atoms with Crippen LogP contribution in [0.4, 0.5) is 5.69 Å². The van der Waals surface area contributed by atoms with Gasteiger partial charge < -0.3 is 5.32 Å². The van der Waals surface area contributed by atoms with E-state index in [1.54, 1.807) is 21.3 Å². The lowest BCUT2D eigenvalue weighted by molar-refractivity contribution is 0.248. The maximum absolute atomic E-state index is 5.30. The van der Waals surface area contributed by atoms with Gasteiger partial charge >= 0.3 is 0 Å². The normalized spacial score (nSPS) is 12.4. The average Bonchev–Trinajstić information content (AvgIpc) is 2.41. The summed E-state index contributed by atoms with van der Waals surface area (Å²) in [5, 5.41) is 3.34. The van der Waals surface area contributed by atoms with Crippen LogP contribution in [0.25, 0.3) is 0 Å². The molecule has 1 rings (SSSR count). The zero-order valence-corrected chi connectivity index (χ0v) is 11.5. The number of rotatable bonds is 8. The molecule has 17 heavy (non-hydrogen) atoms. The highest BCUT2D eigenvalue weighted by atomic mass is 32.3. The highest BCUT2D eigenvalue weighted by Crippen LogP contribution is 2.49. The summed E-state index contributed by atoms with van der Waals surface area (Å²) in [6.45, 7) is 0.870. The van der Waals surface area contributed by atoms with Crippen LogP contribution in [0.1, 0.15) is 6.42 Å². The molecule has 0 aromatic heterocycles. The summed E-state index contributed by atoms with van der Waals surface area (Å²) in [6.07, 6.45) is 0.930. The van der Waals surface area contributed by atoms with Crippen molar-refractivity contribution >= 4 is 16.6 Å². The molecular weight excluding hydrogens is 238 g/mol. The zero-order chi connectivity index (χ0) is 12.6. The van der Waals surface area contributed by atoms with Crippen LogP contribution in [0.2, 0.25) is 0 Å². The molecule has 0 aliphatic carbocycles. The van der Waals surface area contributed by atoms with E-state index in [0.29, 0.717) is 0 Å². The third-order valence-electron chi connectivity index (χ3n) is 2.44.